The van der Waals surface area contributed by atoms with Crippen molar-refractivity contribution in [3.8, 4) is 5.69 Å². The van der Waals surface area contributed by atoms with Gasteiger partial charge in [0.15, 0.2) is 6.54 Å². The Morgan fingerprint density at radius 1 is 0.968 bits per heavy atom. The Labute approximate surface area is 185 Å². The van der Waals surface area contributed by atoms with Gasteiger partial charge >= 0.3 is 0 Å². The summed E-state index contributed by atoms with van der Waals surface area (Å²) in [4.78, 5) is 12.8. The highest BCUT2D eigenvalue weighted by molar-refractivity contribution is 5.92. The van der Waals surface area contributed by atoms with E-state index in [-0.39, 0.29) is 11.9 Å². The molecule has 0 bridgehead atoms. The first kappa shape index (κ1) is 22.8. The van der Waals surface area contributed by atoms with Crippen LogP contribution in [0, 0.1) is 19.8 Å². The Kier molecular flexibility index (Phi) is 7.29. The predicted molar refractivity (Wildman–Crippen MR) is 127 cm³/mol. The number of para-hydroxylation sites is 1. The number of quaternary nitrogens is 1. The fraction of sp³-hybridized carbons (Fsp3) is 0.385. The topological polar surface area (TPSA) is 63.5 Å². The van der Waals surface area contributed by atoms with Crippen LogP contribution in [0.3, 0.4) is 0 Å². The van der Waals surface area contributed by atoms with Gasteiger partial charge in [-0.1, -0.05) is 70.2 Å². The second-order valence-corrected chi connectivity index (χ2v) is 8.87. The molecule has 5 heteroatoms. The van der Waals surface area contributed by atoms with Crippen LogP contribution in [-0.4, -0.2) is 22.2 Å². The zero-order valence-corrected chi connectivity index (χ0v) is 19.5. The van der Waals surface area contributed by atoms with Crippen LogP contribution in [0.1, 0.15) is 62.2 Å². The lowest BCUT2D eigenvalue weighted by Crippen LogP contribution is -2.88. The first-order valence-corrected chi connectivity index (χ1v) is 11.1. The highest BCUT2D eigenvalue weighted by Crippen LogP contribution is 2.23. The van der Waals surface area contributed by atoms with Crippen LogP contribution in [0.15, 0.2) is 54.6 Å². The molecule has 0 spiro atoms. The van der Waals surface area contributed by atoms with E-state index >= 15 is 0 Å². The number of nitrogens with two attached hydrogens (primary N) is 1. The summed E-state index contributed by atoms with van der Waals surface area (Å²) in [5.74, 6) is 0.926. The van der Waals surface area contributed by atoms with E-state index in [4.69, 9.17) is 0 Å². The molecule has 31 heavy (non-hydrogen) atoms. The third-order valence-corrected chi connectivity index (χ3v) is 5.82. The lowest BCUT2D eigenvalue weighted by atomic mass is 9.93. The number of nitrogens with one attached hydrogen (secondary N) is 1. The Hall–Kier alpha value is -2.92. The number of benzene rings is 2. The summed E-state index contributed by atoms with van der Waals surface area (Å²) in [5.41, 5.74) is 6.13. The second kappa shape index (κ2) is 9.92. The van der Waals surface area contributed by atoms with Crippen molar-refractivity contribution in [1.29, 1.82) is 0 Å². The van der Waals surface area contributed by atoms with E-state index in [1.54, 1.807) is 0 Å². The molecule has 1 heterocycles. The Balaban J connectivity index is 1.68. The molecule has 0 aliphatic rings. The van der Waals surface area contributed by atoms with Crippen molar-refractivity contribution in [2.45, 2.75) is 53.5 Å². The molecule has 0 saturated carbocycles. The minimum atomic E-state index is -0.0109. The molecule has 0 saturated heterocycles. The number of amides is 1. The largest absolute Gasteiger partial charge is 0.332 e. The third kappa shape index (κ3) is 5.42. The van der Waals surface area contributed by atoms with Crippen LogP contribution in [-0.2, 0) is 4.79 Å². The monoisotopic (exact) mass is 419 g/mol. The predicted octanol–water partition coefficient (Wildman–Crippen LogP) is 4.51. The number of anilines is 1. The number of nitrogens with zero attached hydrogens (tertiary/aromatic N) is 2. The van der Waals surface area contributed by atoms with E-state index < -0.39 is 0 Å². The highest BCUT2D eigenvalue weighted by atomic mass is 16.1. The first-order valence-electron chi connectivity index (χ1n) is 11.1. The number of hydrogen-bond donors (Lipinski definition) is 2. The molecule has 3 aromatic rings. The minimum Gasteiger partial charge on any atom is -0.332 e. The maximum atomic E-state index is 12.8. The Morgan fingerprint density at radius 2 is 1.58 bits per heavy atom. The van der Waals surface area contributed by atoms with Gasteiger partial charge in [-0.15, -0.1) is 0 Å². The van der Waals surface area contributed by atoms with Crippen molar-refractivity contribution in [2.24, 2.45) is 5.92 Å². The molecule has 3 rings (SSSR count). The minimum absolute atomic E-state index is 0.0109. The molecule has 0 fully saturated rings. The molecule has 2 aromatic carbocycles. The van der Waals surface area contributed by atoms with Gasteiger partial charge in [-0.05, 0) is 37.5 Å². The van der Waals surface area contributed by atoms with Gasteiger partial charge in [0.1, 0.15) is 6.04 Å². The van der Waals surface area contributed by atoms with Crippen molar-refractivity contribution in [3.63, 3.8) is 0 Å². The molecular weight excluding hydrogens is 384 g/mol. The average molecular weight is 420 g/mol. The normalized spacial score (nSPS) is 12.4. The van der Waals surface area contributed by atoms with Gasteiger partial charge in [0.05, 0.1) is 22.8 Å². The van der Waals surface area contributed by atoms with E-state index in [1.165, 1.54) is 11.1 Å². The SMILES string of the molecule is Cc1nn(-c2ccccc2)c(C)c1NC(=O)C[NH2+][C@H](c1ccc(C(C)C)cc1)C(C)C. The van der Waals surface area contributed by atoms with E-state index in [0.717, 1.165) is 22.8 Å². The van der Waals surface area contributed by atoms with E-state index in [2.05, 4.69) is 67.7 Å². The smallest absolute Gasteiger partial charge is 0.279 e. The number of rotatable bonds is 8. The Morgan fingerprint density at radius 3 is 2.16 bits per heavy atom. The van der Waals surface area contributed by atoms with Crippen LogP contribution in [0.25, 0.3) is 5.69 Å². The third-order valence-electron chi connectivity index (χ3n) is 5.82. The fourth-order valence-electron chi connectivity index (χ4n) is 3.96. The maximum absolute atomic E-state index is 12.8. The summed E-state index contributed by atoms with van der Waals surface area (Å²) < 4.78 is 1.88. The van der Waals surface area contributed by atoms with E-state index in [0.29, 0.717) is 18.4 Å². The van der Waals surface area contributed by atoms with Crippen molar-refractivity contribution in [3.05, 3.63) is 77.1 Å². The quantitative estimate of drug-likeness (QED) is 0.564. The van der Waals surface area contributed by atoms with Crippen LogP contribution >= 0.6 is 0 Å². The molecule has 1 amide bonds. The summed E-state index contributed by atoms with van der Waals surface area (Å²) in [5, 5.41) is 9.84. The van der Waals surface area contributed by atoms with Crippen molar-refractivity contribution < 1.29 is 10.1 Å². The second-order valence-electron chi connectivity index (χ2n) is 8.87. The lowest BCUT2D eigenvalue weighted by molar-refractivity contribution is -0.692. The summed E-state index contributed by atoms with van der Waals surface area (Å²) in [7, 11) is 0. The molecule has 1 aromatic heterocycles. The summed E-state index contributed by atoms with van der Waals surface area (Å²) >= 11 is 0. The van der Waals surface area contributed by atoms with Crippen molar-refractivity contribution in [1.82, 2.24) is 9.78 Å². The summed E-state index contributed by atoms with van der Waals surface area (Å²) in [6, 6.07) is 19.0. The summed E-state index contributed by atoms with van der Waals surface area (Å²) in [6.07, 6.45) is 0. The number of aryl methyl sites for hydroxylation is 1. The van der Waals surface area contributed by atoms with Gasteiger partial charge in [0.25, 0.3) is 5.91 Å². The molecule has 0 aliphatic carbocycles. The van der Waals surface area contributed by atoms with Crippen molar-refractivity contribution >= 4 is 11.6 Å². The van der Waals surface area contributed by atoms with Gasteiger partial charge in [0, 0.05) is 11.5 Å². The van der Waals surface area contributed by atoms with Crippen LogP contribution in [0.4, 0.5) is 5.69 Å². The molecule has 0 aliphatic heterocycles. The van der Waals surface area contributed by atoms with E-state index in [1.807, 2.05) is 48.9 Å². The zero-order chi connectivity index (χ0) is 22.5. The van der Waals surface area contributed by atoms with Crippen LogP contribution in [0.2, 0.25) is 0 Å². The molecular formula is C26H35N4O+. The van der Waals surface area contributed by atoms with E-state index in [9.17, 15) is 4.79 Å². The summed E-state index contributed by atoms with van der Waals surface area (Å²) in [6.45, 7) is 13.1. The molecule has 0 unspecified atom stereocenters. The number of aromatic nitrogens is 2. The molecule has 164 valence electrons. The lowest BCUT2D eigenvalue weighted by Gasteiger charge is -2.20. The molecule has 3 N–H and O–H groups in total. The number of hydrogen-bond acceptors (Lipinski definition) is 2. The highest BCUT2D eigenvalue weighted by Gasteiger charge is 2.22. The van der Waals surface area contributed by atoms with Crippen molar-refractivity contribution in [2.75, 3.05) is 11.9 Å². The molecule has 1 atom stereocenters. The van der Waals surface area contributed by atoms with Crippen LogP contribution in [0.5, 0.6) is 0 Å². The average Bonchev–Trinajstić information content (AvgIpc) is 3.03. The van der Waals surface area contributed by atoms with Gasteiger partial charge in [0.2, 0.25) is 0 Å². The first-order chi connectivity index (χ1) is 14.8. The number of carbonyl (C=O) groups is 1. The molecule has 5 nitrogen and oxygen atoms in total. The van der Waals surface area contributed by atoms with Gasteiger partial charge in [-0.2, -0.15) is 5.10 Å². The maximum Gasteiger partial charge on any atom is 0.279 e. The van der Waals surface area contributed by atoms with Gasteiger partial charge in [-0.25, -0.2) is 4.68 Å². The zero-order valence-electron chi connectivity index (χ0n) is 19.5. The molecule has 0 radical (unpaired) electrons. The fourth-order valence-corrected chi connectivity index (χ4v) is 3.96. The standard InChI is InChI=1S/C26H34N4O/c1-17(2)21-12-14-22(15-13-21)25(18(3)4)27-16-24(31)28-26-19(5)29-30(20(26)6)23-10-8-7-9-11-23/h7-15,17-18,25,27H,16H2,1-6H3,(H,28,31)/p+1/t25-/m0/s1. The number of carbonyl (C=O) groups excluding carboxylic acids is 1. The van der Waals surface area contributed by atoms with Gasteiger partial charge < -0.3 is 10.6 Å². The van der Waals surface area contributed by atoms with Crippen LogP contribution < -0.4 is 10.6 Å². The van der Waals surface area contributed by atoms with Gasteiger partial charge in [-0.3, -0.25) is 4.79 Å². The Bertz CT molecular complexity index is 1000.